The number of thiophene rings is 1. The van der Waals surface area contributed by atoms with Gasteiger partial charge in [0.15, 0.2) is 11.5 Å². The van der Waals surface area contributed by atoms with Crippen molar-refractivity contribution in [3.8, 4) is 27.9 Å². The first-order valence-electron chi connectivity index (χ1n) is 7.75. The number of aryl methyl sites for hydroxylation is 1. The first kappa shape index (κ1) is 16.5. The lowest BCUT2D eigenvalue weighted by Gasteiger charge is -2.11. The lowest BCUT2D eigenvalue weighted by Crippen LogP contribution is -2.03. The van der Waals surface area contributed by atoms with Gasteiger partial charge in [0.05, 0.1) is 27.3 Å². The molecule has 0 aliphatic carbocycles. The van der Waals surface area contributed by atoms with Crippen molar-refractivity contribution in [2.75, 3.05) is 5.73 Å². The Labute approximate surface area is 158 Å². The number of anilines is 1. The molecule has 4 rings (SSSR count). The SMILES string of the molecule is Cc1csc(-c2nc(N)c(C#N)nc2-c2cc(Cl)c3[nH]ncc3c2)c1C. The van der Waals surface area contributed by atoms with E-state index in [4.69, 9.17) is 17.3 Å². The van der Waals surface area contributed by atoms with Crippen LogP contribution in [0.5, 0.6) is 0 Å². The van der Waals surface area contributed by atoms with E-state index in [0.717, 1.165) is 26.9 Å². The smallest absolute Gasteiger partial charge is 0.183 e. The molecule has 0 spiro atoms. The molecule has 3 aromatic heterocycles. The molecule has 128 valence electrons. The third-order valence-corrected chi connectivity index (χ3v) is 5.81. The van der Waals surface area contributed by atoms with Crippen molar-refractivity contribution >= 4 is 39.7 Å². The number of nitrogens with one attached hydrogen (secondary N) is 1. The molecule has 0 saturated heterocycles. The van der Waals surface area contributed by atoms with Crippen molar-refractivity contribution in [3.05, 3.63) is 45.6 Å². The number of H-pyrrole nitrogens is 1. The standard InChI is InChI=1S/C18H13ClN6S/c1-8-7-26-17(9(8)2)16-15(23-13(5-20)18(21)24-16)10-3-11-6-22-25-14(11)12(19)4-10/h3-4,6-7H,1-2H3,(H2,21,24)(H,22,25). The molecule has 0 aliphatic rings. The number of aromatic nitrogens is 4. The second kappa shape index (κ2) is 6.09. The first-order valence-corrected chi connectivity index (χ1v) is 9.01. The van der Waals surface area contributed by atoms with Crippen LogP contribution < -0.4 is 5.73 Å². The summed E-state index contributed by atoms with van der Waals surface area (Å²) in [6.07, 6.45) is 1.70. The Morgan fingerprint density at radius 3 is 2.73 bits per heavy atom. The van der Waals surface area contributed by atoms with Crippen LogP contribution >= 0.6 is 22.9 Å². The molecule has 3 N–H and O–H groups in total. The van der Waals surface area contributed by atoms with E-state index in [9.17, 15) is 5.26 Å². The monoisotopic (exact) mass is 380 g/mol. The minimum Gasteiger partial charge on any atom is -0.381 e. The summed E-state index contributed by atoms with van der Waals surface area (Å²) in [5.74, 6) is 0.118. The van der Waals surface area contributed by atoms with Crippen LogP contribution in [0.25, 0.3) is 32.7 Å². The Morgan fingerprint density at radius 1 is 1.23 bits per heavy atom. The molecule has 0 radical (unpaired) electrons. The van der Waals surface area contributed by atoms with E-state index in [1.165, 1.54) is 5.56 Å². The number of nitrogens with zero attached hydrogens (tertiary/aromatic N) is 4. The van der Waals surface area contributed by atoms with Gasteiger partial charge in [-0.05, 0) is 42.5 Å². The van der Waals surface area contributed by atoms with Gasteiger partial charge in [0.1, 0.15) is 11.8 Å². The number of nitriles is 1. The predicted molar refractivity (Wildman–Crippen MR) is 104 cm³/mol. The zero-order valence-corrected chi connectivity index (χ0v) is 15.5. The van der Waals surface area contributed by atoms with Crippen LogP contribution in [0, 0.1) is 25.2 Å². The number of nitrogens with two attached hydrogens (primary N) is 1. The van der Waals surface area contributed by atoms with E-state index in [0.29, 0.717) is 16.4 Å². The molecule has 0 saturated carbocycles. The highest BCUT2D eigenvalue weighted by Gasteiger charge is 2.20. The van der Waals surface area contributed by atoms with Gasteiger partial charge in [0.2, 0.25) is 0 Å². The van der Waals surface area contributed by atoms with Gasteiger partial charge in [-0.3, -0.25) is 5.10 Å². The Morgan fingerprint density at radius 2 is 2.04 bits per heavy atom. The molecule has 0 atom stereocenters. The summed E-state index contributed by atoms with van der Waals surface area (Å²) in [6.45, 7) is 4.08. The molecule has 0 amide bonds. The van der Waals surface area contributed by atoms with Crippen LogP contribution in [0.15, 0.2) is 23.7 Å². The van der Waals surface area contributed by atoms with E-state index in [2.05, 4.69) is 25.5 Å². The molecule has 0 unspecified atom stereocenters. The molecule has 3 heterocycles. The molecule has 6 nitrogen and oxygen atoms in total. The van der Waals surface area contributed by atoms with Gasteiger partial charge in [0.25, 0.3) is 0 Å². The molecular weight excluding hydrogens is 368 g/mol. The van der Waals surface area contributed by atoms with Gasteiger partial charge < -0.3 is 5.73 Å². The van der Waals surface area contributed by atoms with Gasteiger partial charge in [-0.15, -0.1) is 11.3 Å². The number of aromatic amines is 1. The predicted octanol–water partition coefficient (Wildman–Crippen LogP) is 4.47. The summed E-state index contributed by atoms with van der Waals surface area (Å²) in [7, 11) is 0. The Kier molecular flexibility index (Phi) is 3.87. The number of hydrogen-bond donors (Lipinski definition) is 2. The van der Waals surface area contributed by atoms with Crippen molar-refractivity contribution in [2.24, 2.45) is 0 Å². The molecule has 4 aromatic rings. The minimum absolute atomic E-state index is 0.0955. The average molecular weight is 381 g/mol. The molecule has 0 fully saturated rings. The minimum atomic E-state index is 0.0955. The van der Waals surface area contributed by atoms with E-state index < -0.39 is 0 Å². The average Bonchev–Trinajstić information content (AvgIpc) is 3.22. The van der Waals surface area contributed by atoms with Gasteiger partial charge >= 0.3 is 0 Å². The van der Waals surface area contributed by atoms with Crippen LogP contribution in [-0.4, -0.2) is 20.2 Å². The largest absolute Gasteiger partial charge is 0.381 e. The third kappa shape index (κ3) is 2.51. The van der Waals surface area contributed by atoms with E-state index in [1.807, 2.05) is 26.0 Å². The Hall–Kier alpha value is -2.95. The third-order valence-electron chi connectivity index (χ3n) is 4.30. The summed E-state index contributed by atoms with van der Waals surface area (Å²) >= 11 is 7.96. The van der Waals surface area contributed by atoms with Crippen LogP contribution in [0.1, 0.15) is 16.8 Å². The lowest BCUT2D eigenvalue weighted by atomic mass is 10.0. The maximum absolute atomic E-state index is 9.33. The molecule has 26 heavy (non-hydrogen) atoms. The fourth-order valence-corrected chi connectivity index (χ4v) is 4.11. The maximum Gasteiger partial charge on any atom is 0.183 e. The summed E-state index contributed by atoms with van der Waals surface area (Å²) in [5, 5.41) is 19.7. The molecule has 0 bridgehead atoms. The topological polar surface area (TPSA) is 104 Å². The summed E-state index contributed by atoms with van der Waals surface area (Å²) < 4.78 is 0. The number of halogens is 1. The van der Waals surface area contributed by atoms with E-state index in [-0.39, 0.29) is 11.5 Å². The quantitative estimate of drug-likeness (QED) is 0.533. The highest BCUT2D eigenvalue weighted by Crippen LogP contribution is 2.39. The highest BCUT2D eigenvalue weighted by atomic mass is 35.5. The molecule has 1 aromatic carbocycles. The Balaban J connectivity index is 2.05. The fourth-order valence-electron chi connectivity index (χ4n) is 2.78. The van der Waals surface area contributed by atoms with Crippen molar-refractivity contribution in [1.82, 2.24) is 20.2 Å². The molecule has 0 aliphatic heterocycles. The maximum atomic E-state index is 9.33. The normalized spacial score (nSPS) is 11.0. The fraction of sp³-hybridized carbons (Fsp3) is 0.111. The van der Waals surface area contributed by atoms with Gasteiger partial charge in [-0.2, -0.15) is 10.4 Å². The number of nitrogen functional groups attached to an aromatic ring is 1. The number of rotatable bonds is 2. The van der Waals surface area contributed by atoms with Crippen molar-refractivity contribution < 1.29 is 0 Å². The molecular formula is C18H13ClN6S. The Bertz CT molecular complexity index is 1200. The van der Waals surface area contributed by atoms with Crippen molar-refractivity contribution in [2.45, 2.75) is 13.8 Å². The first-order chi connectivity index (χ1) is 12.5. The number of benzene rings is 1. The van der Waals surface area contributed by atoms with Gasteiger partial charge in [-0.1, -0.05) is 11.6 Å². The summed E-state index contributed by atoms with van der Waals surface area (Å²) in [4.78, 5) is 9.96. The van der Waals surface area contributed by atoms with Crippen LogP contribution in [0.2, 0.25) is 5.02 Å². The van der Waals surface area contributed by atoms with Crippen LogP contribution in [-0.2, 0) is 0 Å². The second-order valence-corrected chi connectivity index (χ2v) is 7.22. The summed E-state index contributed by atoms with van der Waals surface area (Å²) in [5.41, 5.74) is 11.1. The summed E-state index contributed by atoms with van der Waals surface area (Å²) in [6, 6.07) is 5.72. The van der Waals surface area contributed by atoms with Crippen LogP contribution in [0.3, 0.4) is 0 Å². The second-order valence-electron chi connectivity index (χ2n) is 5.93. The van der Waals surface area contributed by atoms with Gasteiger partial charge in [-0.25, -0.2) is 9.97 Å². The van der Waals surface area contributed by atoms with Gasteiger partial charge in [0, 0.05) is 10.9 Å². The molecule has 8 heteroatoms. The zero-order chi connectivity index (χ0) is 18.4. The lowest BCUT2D eigenvalue weighted by molar-refractivity contribution is 1.12. The zero-order valence-electron chi connectivity index (χ0n) is 14.0. The van der Waals surface area contributed by atoms with E-state index >= 15 is 0 Å². The van der Waals surface area contributed by atoms with Crippen LogP contribution in [0.4, 0.5) is 5.82 Å². The van der Waals surface area contributed by atoms with E-state index in [1.54, 1.807) is 23.6 Å². The number of hydrogen-bond acceptors (Lipinski definition) is 6. The number of fused-ring (bicyclic) bond motifs is 1. The highest BCUT2D eigenvalue weighted by molar-refractivity contribution is 7.14. The van der Waals surface area contributed by atoms with Crippen molar-refractivity contribution in [1.29, 1.82) is 5.26 Å². The van der Waals surface area contributed by atoms with Crippen molar-refractivity contribution in [3.63, 3.8) is 0 Å².